The predicted octanol–water partition coefficient (Wildman–Crippen LogP) is 1.44. The van der Waals surface area contributed by atoms with Crippen LogP contribution in [0, 0.1) is 17.3 Å². The quantitative estimate of drug-likeness (QED) is 0.744. The first-order valence-electron chi connectivity index (χ1n) is 5.91. The fraction of sp³-hybridized carbons (Fsp3) is 0.917. The molecule has 0 bridgehead atoms. The summed E-state index contributed by atoms with van der Waals surface area (Å²) < 4.78 is 15.1. The molecule has 0 radical (unpaired) electrons. The Morgan fingerprint density at radius 2 is 2.00 bits per heavy atom. The summed E-state index contributed by atoms with van der Waals surface area (Å²) in [4.78, 5) is 10.7. The van der Waals surface area contributed by atoms with E-state index in [1.165, 1.54) is 0 Å². The highest BCUT2D eigenvalue weighted by atomic mass is 16.7. The van der Waals surface area contributed by atoms with Gasteiger partial charge in [0.2, 0.25) is 0 Å². The Kier molecular flexibility index (Phi) is 5.21. The lowest BCUT2D eigenvalue weighted by Gasteiger charge is -2.29. The van der Waals surface area contributed by atoms with Crippen molar-refractivity contribution in [1.82, 2.24) is 0 Å². The SMILES string of the molecule is CC(C)(C)C(CO)COCC1COC(=O)OC1. The molecule has 5 nitrogen and oxygen atoms in total. The number of aliphatic hydroxyl groups is 1. The molecular weight excluding hydrogens is 224 g/mol. The average molecular weight is 246 g/mol. The Bertz CT molecular complexity index is 236. The van der Waals surface area contributed by atoms with Crippen molar-refractivity contribution in [2.45, 2.75) is 20.8 Å². The Morgan fingerprint density at radius 3 is 2.47 bits per heavy atom. The molecule has 100 valence electrons. The van der Waals surface area contributed by atoms with Crippen LogP contribution in [-0.2, 0) is 14.2 Å². The van der Waals surface area contributed by atoms with Crippen LogP contribution >= 0.6 is 0 Å². The van der Waals surface area contributed by atoms with Crippen LogP contribution < -0.4 is 0 Å². The van der Waals surface area contributed by atoms with Crippen LogP contribution in [0.4, 0.5) is 4.79 Å². The van der Waals surface area contributed by atoms with E-state index in [2.05, 4.69) is 20.8 Å². The van der Waals surface area contributed by atoms with E-state index in [9.17, 15) is 9.90 Å². The number of carbonyl (C=O) groups excluding carboxylic acids is 1. The van der Waals surface area contributed by atoms with Crippen molar-refractivity contribution in [2.75, 3.05) is 33.0 Å². The average Bonchev–Trinajstić information content (AvgIpc) is 2.25. The Hall–Kier alpha value is -0.810. The number of ether oxygens (including phenoxy) is 3. The van der Waals surface area contributed by atoms with E-state index in [1.807, 2.05) is 0 Å². The van der Waals surface area contributed by atoms with Crippen molar-refractivity contribution in [3.05, 3.63) is 0 Å². The highest BCUT2D eigenvalue weighted by Gasteiger charge is 2.25. The third-order valence-corrected chi connectivity index (χ3v) is 2.99. The van der Waals surface area contributed by atoms with E-state index in [0.29, 0.717) is 26.4 Å². The maximum Gasteiger partial charge on any atom is 0.508 e. The largest absolute Gasteiger partial charge is 0.508 e. The van der Waals surface area contributed by atoms with Crippen LogP contribution in [0.15, 0.2) is 0 Å². The molecular formula is C12H22O5. The van der Waals surface area contributed by atoms with Crippen LogP contribution in [0.5, 0.6) is 0 Å². The fourth-order valence-corrected chi connectivity index (χ4v) is 1.51. The van der Waals surface area contributed by atoms with Crippen LogP contribution in [0.25, 0.3) is 0 Å². The zero-order valence-corrected chi connectivity index (χ0v) is 10.8. The summed E-state index contributed by atoms with van der Waals surface area (Å²) in [6, 6.07) is 0. The van der Waals surface area contributed by atoms with Crippen molar-refractivity contribution < 1.29 is 24.1 Å². The number of hydrogen-bond acceptors (Lipinski definition) is 5. The molecule has 0 aromatic heterocycles. The molecule has 0 aliphatic carbocycles. The minimum atomic E-state index is -0.607. The highest BCUT2D eigenvalue weighted by Crippen LogP contribution is 2.25. The van der Waals surface area contributed by atoms with Gasteiger partial charge in [0.15, 0.2) is 0 Å². The van der Waals surface area contributed by atoms with E-state index in [1.54, 1.807) is 0 Å². The first kappa shape index (κ1) is 14.3. The molecule has 1 saturated heterocycles. The second-order valence-corrected chi connectivity index (χ2v) is 5.52. The minimum absolute atomic E-state index is 0.0181. The molecule has 1 aliphatic heterocycles. The molecule has 17 heavy (non-hydrogen) atoms. The summed E-state index contributed by atoms with van der Waals surface area (Å²) >= 11 is 0. The van der Waals surface area contributed by atoms with E-state index < -0.39 is 6.16 Å². The summed E-state index contributed by atoms with van der Waals surface area (Å²) in [6.07, 6.45) is -0.607. The summed E-state index contributed by atoms with van der Waals surface area (Å²) in [5.41, 5.74) is 0.0181. The number of hydrogen-bond donors (Lipinski definition) is 1. The summed E-state index contributed by atoms with van der Waals surface area (Å²) in [7, 11) is 0. The molecule has 1 N–H and O–H groups in total. The lowest BCUT2D eigenvalue weighted by molar-refractivity contribution is -0.0518. The fourth-order valence-electron chi connectivity index (χ4n) is 1.51. The van der Waals surface area contributed by atoms with Gasteiger partial charge in [-0.25, -0.2) is 4.79 Å². The van der Waals surface area contributed by atoms with Crippen molar-refractivity contribution in [3.8, 4) is 0 Å². The number of rotatable bonds is 5. The molecule has 0 aromatic rings. The third-order valence-electron chi connectivity index (χ3n) is 2.99. The molecule has 0 amide bonds. The van der Waals surface area contributed by atoms with Gasteiger partial charge in [0.1, 0.15) is 13.2 Å². The predicted molar refractivity (Wildman–Crippen MR) is 61.6 cm³/mol. The van der Waals surface area contributed by atoms with E-state index in [4.69, 9.17) is 14.2 Å². The summed E-state index contributed by atoms with van der Waals surface area (Å²) in [5.74, 6) is 0.196. The van der Waals surface area contributed by atoms with Crippen LogP contribution in [0.3, 0.4) is 0 Å². The summed E-state index contributed by atoms with van der Waals surface area (Å²) in [5, 5.41) is 9.26. The molecule has 1 unspecified atom stereocenters. The zero-order valence-electron chi connectivity index (χ0n) is 10.8. The normalized spacial score (nSPS) is 19.6. The second kappa shape index (κ2) is 6.21. The number of carbonyl (C=O) groups is 1. The Labute approximate surface area is 102 Å². The topological polar surface area (TPSA) is 65.0 Å². The van der Waals surface area contributed by atoms with Gasteiger partial charge in [-0.05, 0) is 5.41 Å². The van der Waals surface area contributed by atoms with Crippen molar-refractivity contribution in [1.29, 1.82) is 0 Å². The lowest BCUT2D eigenvalue weighted by Crippen LogP contribution is -2.33. The molecule has 1 aliphatic rings. The minimum Gasteiger partial charge on any atom is -0.434 e. The van der Waals surface area contributed by atoms with Gasteiger partial charge >= 0.3 is 6.16 Å². The lowest BCUT2D eigenvalue weighted by atomic mass is 9.82. The first-order valence-corrected chi connectivity index (χ1v) is 5.91. The van der Waals surface area contributed by atoms with Crippen molar-refractivity contribution >= 4 is 6.16 Å². The highest BCUT2D eigenvalue weighted by molar-refractivity contribution is 5.60. The van der Waals surface area contributed by atoms with Gasteiger partial charge in [0.05, 0.1) is 19.1 Å². The molecule has 1 rings (SSSR count). The molecule has 5 heteroatoms. The van der Waals surface area contributed by atoms with Gasteiger partial charge < -0.3 is 19.3 Å². The maximum atomic E-state index is 10.7. The van der Waals surface area contributed by atoms with Gasteiger partial charge in [-0.1, -0.05) is 20.8 Å². The van der Waals surface area contributed by atoms with E-state index >= 15 is 0 Å². The van der Waals surface area contributed by atoms with E-state index in [-0.39, 0.29) is 23.9 Å². The maximum absolute atomic E-state index is 10.7. The number of cyclic esters (lactones) is 2. The van der Waals surface area contributed by atoms with Gasteiger partial charge in [0.25, 0.3) is 0 Å². The van der Waals surface area contributed by atoms with Crippen LogP contribution in [0.2, 0.25) is 0 Å². The van der Waals surface area contributed by atoms with Gasteiger partial charge in [0, 0.05) is 12.5 Å². The standard InChI is InChI=1S/C12H22O5/c1-12(2,3)10(4-13)8-15-5-9-6-16-11(14)17-7-9/h9-10,13H,4-8H2,1-3H3. The van der Waals surface area contributed by atoms with Crippen molar-refractivity contribution in [2.24, 2.45) is 17.3 Å². The third kappa shape index (κ3) is 4.91. The summed E-state index contributed by atoms with van der Waals surface area (Å²) in [6.45, 7) is 8.01. The second-order valence-electron chi connectivity index (χ2n) is 5.52. The van der Waals surface area contributed by atoms with Crippen molar-refractivity contribution in [3.63, 3.8) is 0 Å². The molecule has 0 saturated carbocycles. The molecule has 1 heterocycles. The van der Waals surface area contributed by atoms with Crippen LogP contribution in [-0.4, -0.2) is 44.3 Å². The zero-order chi connectivity index (χ0) is 12.9. The smallest absolute Gasteiger partial charge is 0.434 e. The molecule has 0 spiro atoms. The van der Waals surface area contributed by atoms with Gasteiger partial charge in [-0.15, -0.1) is 0 Å². The monoisotopic (exact) mass is 246 g/mol. The first-order chi connectivity index (χ1) is 7.93. The van der Waals surface area contributed by atoms with Gasteiger partial charge in [-0.2, -0.15) is 0 Å². The molecule has 1 fully saturated rings. The Morgan fingerprint density at radius 1 is 1.41 bits per heavy atom. The Balaban J connectivity index is 2.20. The molecule has 1 atom stereocenters. The van der Waals surface area contributed by atoms with Gasteiger partial charge in [-0.3, -0.25) is 0 Å². The number of aliphatic hydroxyl groups excluding tert-OH is 1. The van der Waals surface area contributed by atoms with E-state index in [0.717, 1.165) is 0 Å². The molecule has 0 aromatic carbocycles. The van der Waals surface area contributed by atoms with Crippen LogP contribution in [0.1, 0.15) is 20.8 Å².